The van der Waals surface area contributed by atoms with Crippen LogP contribution in [-0.4, -0.2) is 12.2 Å². The van der Waals surface area contributed by atoms with Crippen LogP contribution < -0.4 is 0 Å². The molecule has 6 heteroatoms. The van der Waals surface area contributed by atoms with Crippen LogP contribution in [0.2, 0.25) is 0 Å². The maximum absolute atomic E-state index is 5.27. The second kappa shape index (κ2) is 6.92. The average Bonchev–Trinajstić information content (AvgIpc) is 1.53. The van der Waals surface area contributed by atoms with E-state index >= 15 is 0 Å². The fraction of sp³-hybridized carbons (Fsp3) is 1.00. The molecular weight excluding hydrogens is 265 g/mol. The quantitative estimate of drug-likeness (QED) is 0.447. The van der Waals surface area contributed by atoms with Crippen LogP contribution in [0.1, 0.15) is 27.7 Å². The molecule has 0 atom stereocenters. The summed E-state index contributed by atoms with van der Waals surface area (Å²) in [5, 5.41) is 0. The molecule has 0 amide bonds. The van der Waals surface area contributed by atoms with E-state index in [0.717, 1.165) is 0 Å². The van der Waals surface area contributed by atoms with E-state index in [9.17, 15) is 0 Å². The number of hydrogen-bond donors (Lipinski definition) is 0. The van der Waals surface area contributed by atoms with E-state index in [1.165, 1.54) is 0 Å². The average molecular weight is 279 g/mol. The minimum Gasteiger partial charge on any atom is -0.691 e. The summed E-state index contributed by atoms with van der Waals surface area (Å²) in [6.07, 6.45) is 0.106. The monoisotopic (exact) mass is 277 g/mol. The molecule has 0 bridgehead atoms. The molecule has 2 nitrogen and oxygen atoms in total. The first kappa shape index (κ1) is 16.0. The molecule has 70 valence electrons. The van der Waals surface area contributed by atoms with Crippen molar-refractivity contribution in [2.75, 3.05) is 0 Å². The second-order valence-corrected chi connectivity index (χ2v) is 7.65. The van der Waals surface area contributed by atoms with Gasteiger partial charge >= 0.3 is 0 Å². The Morgan fingerprint density at radius 3 is 1.50 bits per heavy atom. The SMILES string of the molecule is CC(C)OP(=S)([S-])OC(C)C.[Zn]. The Labute approximate surface area is 97.9 Å². The predicted molar refractivity (Wildman–Crippen MR) is 54.1 cm³/mol. The summed E-state index contributed by atoms with van der Waals surface area (Å²) in [5.41, 5.74) is -2.39. The van der Waals surface area contributed by atoms with Crippen molar-refractivity contribution in [1.29, 1.82) is 0 Å². The van der Waals surface area contributed by atoms with Crippen molar-refractivity contribution in [2.45, 2.75) is 39.9 Å². The van der Waals surface area contributed by atoms with Crippen LogP contribution in [-0.2, 0) is 52.6 Å². The second-order valence-electron chi connectivity index (χ2n) is 2.76. The normalized spacial score (nSPS) is 11.9. The van der Waals surface area contributed by atoms with Crippen LogP contribution in [0.5, 0.6) is 0 Å². The topological polar surface area (TPSA) is 18.5 Å². The smallest absolute Gasteiger partial charge is 0.0575 e. The third-order valence-electron chi connectivity index (χ3n) is 0.680. The van der Waals surface area contributed by atoms with Gasteiger partial charge in [-0.15, -0.1) is 0 Å². The maximum atomic E-state index is 5.27. The van der Waals surface area contributed by atoms with Crippen molar-refractivity contribution in [3.05, 3.63) is 0 Å². The third-order valence-corrected chi connectivity index (χ3v) is 3.07. The molecule has 0 unspecified atom stereocenters. The van der Waals surface area contributed by atoms with Gasteiger partial charge in [0.25, 0.3) is 0 Å². The van der Waals surface area contributed by atoms with E-state index in [-0.39, 0.29) is 31.7 Å². The number of hydrogen-bond acceptors (Lipinski definition) is 4. The molecule has 0 spiro atoms. The molecule has 0 aromatic carbocycles. The Morgan fingerprint density at radius 1 is 1.08 bits per heavy atom. The van der Waals surface area contributed by atoms with Gasteiger partial charge in [-0.1, -0.05) is 11.8 Å². The molecule has 12 heavy (non-hydrogen) atoms. The fourth-order valence-electron chi connectivity index (χ4n) is 0.541. The summed E-state index contributed by atoms with van der Waals surface area (Å²) in [7, 11) is 0. The summed E-state index contributed by atoms with van der Waals surface area (Å²) < 4.78 is 10.5. The summed E-state index contributed by atoms with van der Waals surface area (Å²) in [5.74, 6) is 0. The Balaban J connectivity index is 0. The minimum absolute atomic E-state index is 0. The van der Waals surface area contributed by atoms with Crippen molar-refractivity contribution in [3.63, 3.8) is 0 Å². The molecule has 0 aromatic heterocycles. The minimum atomic E-state index is -2.39. The molecule has 0 rings (SSSR count). The Bertz CT molecular complexity index is 150. The van der Waals surface area contributed by atoms with Crippen LogP contribution in [0.3, 0.4) is 0 Å². The van der Waals surface area contributed by atoms with Crippen LogP contribution in [0.25, 0.3) is 0 Å². The van der Waals surface area contributed by atoms with Gasteiger partial charge in [-0.25, -0.2) is 0 Å². The zero-order valence-corrected chi connectivity index (χ0v) is 13.4. The molecule has 0 aromatic rings. The fourth-order valence-corrected chi connectivity index (χ4v) is 3.69. The summed E-state index contributed by atoms with van der Waals surface area (Å²) >= 11 is 9.95. The van der Waals surface area contributed by atoms with Gasteiger partial charge in [0.2, 0.25) is 0 Å². The Hall–Kier alpha value is 1.54. The van der Waals surface area contributed by atoms with Crippen molar-refractivity contribution in [3.8, 4) is 0 Å². The standard InChI is InChI=1S/C6H15O2PS2.Zn/c1-5(2)7-9(10,11)8-6(3)4;/h5-6H,1-4H3,(H,10,11);/p-1. The van der Waals surface area contributed by atoms with Crippen LogP contribution in [0.4, 0.5) is 0 Å². The van der Waals surface area contributed by atoms with Crippen molar-refractivity contribution in [1.82, 2.24) is 0 Å². The Kier molecular flexibility index (Phi) is 9.22. The molecule has 0 radical (unpaired) electrons. The first-order valence-electron chi connectivity index (χ1n) is 3.51. The van der Waals surface area contributed by atoms with Gasteiger partial charge in [0, 0.05) is 19.5 Å². The number of rotatable bonds is 4. The predicted octanol–water partition coefficient (Wildman–Crippen LogP) is 2.61. The molecule has 0 N–H and O–H groups in total. The first-order chi connectivity index (χ1) is 4.83. The van der Waals surface area contributed by atoms with Crippen molar-refractivity contribution in [2.24, 2.45) is 0 Å². The Morgan fingerprint density at radius 2 is 1.33 bits per heavy atom. The van der Waals surface area contributed by atoms with Crippen LogP contribution >= 0.6 is 5.69 Å². The van der Waals surface area contributed by atoms with Crippen molar-refractivity contribution < 1.29 is 28.5 Å². The molecule has 0 saturated carbocycles. The zero-order valence-electron chi connectivity index (χ0n) is 7.94. The van der Waals surface area contributed by atoms with E-state index < -0.39 is 5.69 Å². The van der Waals surface area contributed by atoms with E-state index in [1.807, 2.05) is 27.7 Å². The molecule has 0 fully saturated rings. The van der Waals surface area contributed by atoms with Gasteiger partial charge < -0.3 is 21.3 Å². The summed E-state index contributed by atoms with van der Waals surface area (Å²) in [4.78, 5) is 0. The van der Waals surface area contributed by atoms with E-state index in [2.05, 4.69) is 0 Å². The van der Waals surface area contributed by atoms with Gasteiger partial charge in [0.15, 0.2) is 0 Å². The van der Waals surface area contributed by atoms with Gasteiger partial charge in [-0.3, -0.25) is 0 Å². The van der Waals surface area contributed by atoms with E-state index in [1.54, 1.807) is 0 Å². The first-order valence-corrected chi connectivity index (χ1v) is 7.16. The molecular formula is C6H14O2PS2Zn-. The molecule has 0 aliphatic rings. The van der Waals surface area contributed by atoms with Crippen LogP contribution in [0.15, 0.2) is 0 Å². The summed E-state index contributed by atoms with van der Waals surface area (Å²) in [6.45, 7) is 7.60. The zero-order chi connectivity index (χ0) is 9.07. The summed E-state index contributed by atoms with van der Waals surface area (Å²) in [6, 6.07) is 0. The third kappa shape index (κ3) is 9.63. The largest absolute Gasteiger partial charge is 0.691 e. The molecule has 0 saturated heterocycles. The van der Waals surface area contributed by atoms with Gasteiger partial charge in [0.05, 0.1) is 17.9 Å². The molecule has 0 aliphatic heterocycles. The van der Waals surface area contributed by atoms with Crippen LogP contribution in [0, 0.1) is 0 Å². The van der Waals surface area contributed by atoms with Crippen molar-refractivity contribution >= 4 is 29.7 Å². The molecule has 0 heterocycles. The maximum Gasteiger partial charge on any atom is 0.0575 e. The van der Waals surface area contributed by atoms with Gasteiger partial charge in [0.1, 0.15) is 0 Å². The van der Waals surface area contributed by atoms with Gasteiger partial charge in [-0.2, -0.15) is 0 Å². The molecule has 0 aliphatic carbocycles. The van der Waals surface area contributed by atoms with E-state index in [4.69, 9.17) is 33.1 Å². The van der Waals surface area contributed by atoms with E-state index in [0.29, 0.717) is 0 Å². The van der Waals surface area contributed by atoms with Gasteiger partial charge in [-0.05, 0) is 27.7 Å².